The van der Waals surface area contributed by atoms with E-state index in [0.717, 1.165) is 57.7 Å². The number of likely N-dealkylation sites (tertiary alicyclic amines) is 1. The third-order valence-corrected chi connectivity index (χ3v) is 5.82. The zero-order chi connectivity index (χ0) is 17.1. The number of halogens is 1. The molecule has 3 fully saturated rings. The smallest absolute Gasteiger partial charge is 0.193 e. The minimum Gasteiger partial charge on any atom is -0.381 e. The second-order valence-electron chi connectivity index (χ2n) is 7.59. The summed E-state index contributed by atoms with van der Waals surface area (Å²) in [5.74, 6) is 2.10. The van der Waals surface area contributed by atoms with Crippen molar-refractivity contribution in [1.82, 2.24) is 15.2 Å². The van der Waals surface area contributed by atoms with Crippen LogP contribution >= 0.6 is 24.0 Å². The maximum atomic E-state index is 5.63. The Kier molecular flexibility index (Phi) is 6.60. The molecular weight excluding hydrogens is 441 g/mol. The van der Waals surface area contributed by atoms with E-state index < -0.39 is 0 Å². The lowest BCUT2D eigenvalue weighted by Crippen LogP contribution is -2.41. The van der Waals surface area contributed by atoms with Crippen molar-refractivity contribution in [2.45, 2.75) is 32.2 Å². The minimum absolute atomic E-state index is 0. The third-order valence-electron chi connectivity index (χ3n) is 5.82. The van der Waals surface area contributed by atoms with Crippen molar-refractivity contribution in [3.63, 3.8) is 0 Å². The van der Waals surface area contributed by atoms with E-state index >= 15 is 0 Å². The number of hydrogen-bond acceptors (Lipinski definition) is 4. The first kappa shape index (κ1) is 19.7. The first-order valence-corrected chi connectivity index (χ1v) is 9.51. The predicted molar refractivity (Wildman–Crippen MR) is 115 cm³/mol. The second-order valence-corrected chi connectivity index (χ2v) is 7.59. The Morgan fingerprint density at radius 2 is 2.12 bits per heavy atom. The van der Waals surface area contributed by atoms with E-state index in [2.05, 4.69) is 37.2 Å². The fraction of sp³-hybridized carbons (Fsp3) is 0.684. The van der Waals surface area contributed by atoms with E-state index in [9.17, 15) is 0 Å². The summed E-state index contributed by atoms with van der Waals surface area (Å²) >= 11 is 0. The highest BCUT2D eigenvalue weighted by molar-refractivity contribution is 14.0. The number of guanidine groups is 1. The van der Waals surface area contributed by atoms with Gasteiger partial charge in [-0.25, -0.2) is 4.98 Å². The number of ether oxygens (including phenoxy) is 1. The van der Waals surface area contributed by atoms with Crippen LogP contribution in [0.15, 0.2) is 23.3 Å². The van der Waals surface area contributed by atoms with Crippen LogP contribution in [-0.4, -0.2) is 62.3 Å². The molecule has 0 bridgehead atoms. The predicted octanol–water partition coefficient (Wildman–Crippen LogP) is 2.49. The molecule has 0 saturated carbocycles. The van der Waals surface area contributed by atoms with Crippen LogP contribution in [0.3, 0.4) is 0 Å². The van der Waals surface area contributed by atoms with Gasteiger partial charge in [0.05, 0.1) is 6.61 Å². The van der Waals surface area contributed by atoms with E-state index in [1.807, 2.05) is 13.2 Å². The number of anilines is 1. The summed E-state index contributed by atoms with van der Waals surface area (Å²) < 4.78 is 5.63. The van der Waals surface area contributed by atoms with Gasteiger partial charge < -0.3 is 19.9 Å². The van der Waals surface area contributed by atoms with Crippen LogP contribution in [0.2, 0.25) is 0 Å². The van der Waals surface area contributed by atoms with E-state index in [-0.39, 0.29) is 24.0 Å². The zero-order valence-corrected chi connectivity index (χ0v) is 17.9. The Morgan fingerprint density at radius 1 is 1.27 bits per heavy atom. The summed E-state index contributed by atoms with van der Waals surface area (Å²) in [4.78, 5) is 13.9. The number of nitrogens with one attached hydrogen (secondary N) is 1. The van der Waals surface area contributed by atoms with Crippen molar-refractivity contribution in [1.29, 1.82) is 0 Å². The number of nitrogens with zero attached hydrogens (tertiary/aromatic N) is 4. The molecule has 144 valence electrons. The maximum Gasteiger partial charge on any atom is 0.193 e. The Bertz CT molecular complexity index is 609. The molecule has 1 N–H and O–H groups in total. The van der Waals surface area contributed by atoms with Crippen LogP contribution in [0.1, 0.15) is 31.2 Å². The molecule has 0 radical (unpaired) electrons. The van der Waals surface area contributed by atoms with Crippen molar-refractivity contribution >= 4 is 35.8 Å². The largest absolute Gasteiger partial charge is 0.381 e. The van der Waals surface area contributed by atoms with Gasteiger partial charge in [0.25, 0.3) is 0 Å². The molecule has 0 amide bonds. The molecule has 4 rings (SSSR count). The van der Waals surface area contributed by atoms with Crippen LogP contribution in [0.5, 0.6) is 0 Å². The molecule has 1 atom stereocenters. The van der Waals surface area contributed by atoms with E-state index in [1.54, 1.807) is 0 Å². The summed E-state index contributed by atoms with van der Waals surface area (Å²) in [6.45, 7) is 6.97. The molecule has 26 heavy (non-hydrogen) atoms. The first-order valence-electron chi connectivity index (χ1n) is 9.51. The van der Waals surface area contributed by atoms with Crippen LogP contribution in [-0.2, 0) is 11.3 Å². The maximum absolute atomic E-state index is 5.63. The lowest BCUT2D eigenvalue weighted by atomic mass is 9.87. The Morgan fingerprint density at radius 3 is 2.77 bits per heavy atom. The summed E-state index contributed by atoms with van der Waals surface area (Å²) in [5, 5.41) is 3.50. The van der Waals surface area contributed by atoms with Gasteiger partial charge in [0.2, 0.25) is 0 Å². The molecule has 7 heteroatoms. The van der Waals surface area contributed by atoms with E-state index in [4.69, 9.17) is 4.74 Å². The van der Waals surface area contributed by atoms with Gasteiger partial charge in [-0.3, -0.25) is 4.99 Å². The zero-order valence-electron chi connectivity index (χ0n) is 15.6. The lowest BCUT2D eigenvalue weighted by Gasteiger charge is -2.25. The summed E-state index contributed by atoms with van der Waals surface area (Å²) in [6, 6.07) is 4.32. The molecule has 3 saturated heterocycles. The summed E-state index contributed by atoms with van der Waals surface area (Å²) in [7, 11) is 1.87. The van der Waals surface area contributed by atoms with E-state index in [0.29, 0.717) is 5.41 Å². The van der Waals surface area contributed by atoms with Gasteiger partial charge in [-0.1, -0.05) is 6.07 Å². The highest BCUT2D eigenvalue weighted by Gasteiger charge is 2.42. The monoisotopic (exact) mass is 471 g/mol. The highest BCUT2D eigenvalue weighted by Crippen LogP contribution is 2.38. The lowest BCUT2D eigenvalue weighted by molar-refractivity contribution is 0.156. The normalized spacial score (nSPS) is 25.8. The number of hydrogen-bond donors (Lipinski definition) is 1. The molecule has 1 unspecified atom stereocenters. The number of aliphatic imine (C=N–C) groups is 1. The quantitative estimate of drug-likeness (QED) is 0.417. The molecule has 0 aromatic carbocycles. The summed E-state index contributed by atoms with van der Waals surface area (Å²) in [6.07, 6.45) is 6.94. The van der Waals surface area contributed by atoms with Crippen LogP contribution in [0.4, 0.5) is 5.82 Å². The minimum atomic E-state index is 0. The van der Waals surface area contributed by atoms with Gasteiger partial charge in [-0.05, 0) is 37.3 Å². The molecule has 1 spiro atoms. The number of aromatic nitrogens is 1. The average Bonchev–Trinajstić information content (AvgIpc) is 3.40. The SMILES string of the molecule is CN=C(NCc1ccc(N2CCCC2)nc1)N1CCC2(CCOC2)C1.I. The molecule has 3 aliphatic rings. The fourth-order valence-corrected chi connectivity index (χ4v) is 4.26. The molecule has 1 aromatic heterocycles. The number of rotatable bonds is 3. The van der Waals surface area contributed by atoms with Gasteiger partial charge in [0, 0.05) is 58.0 Å². The first-order chi connectivity index (χ1) is 12.3. The summed E-state index contributed by atoms with van der Waals surface area (Å²) in [5.41, 5.74) is 1.55. The molecule has 1 aromatic rings. The Hall–Kier alpha value is -1.09. The Balaban J connectivity index is 0.00000196. The van der Waals surface area contributed by atoms with Gasteiger partial charge in [0.15, 0.2) is 5.96 Å². The number of pyridine rings is 1. The van der Waals surface area contributed by atoms with Gasteiger partial charge in [-0.2, -0.15) is 0 Å². The average molecular weight is 471 g/mol. The van der Waals surface area contributed by atoms with Crippen molar-refractivity contribution in [2.75, 3.05) is 51.3 Å². The second kappa shape index (κ2) is 8.73. The fourth-order valence-electron chi connectivity index (χ4n) is 4.26. The van der Waals surface area contributed by atoms with Crippen LogP contribution < -0.4 is 10.2 Å². The third kappa shape index (κ3) is 4.24. The van der Waals surface area contributed by atoms with Crippen molar-refractivity contribution < 1.29 is 4.74 Å². The topological polar surface area (TPSA) is 53.0 Å². The van der Waals surface area contributed by atoms with Crippen LogP contribution in [0.25, 0.3) is 0 Å². The van der Waals surface area contributed by atoms with Crippen molar-refractivity contribution in [3.8, 4) is 0 Å². The van der Waals surface area contributed by atoms with Gasteiger partial charge >= 0.3 is 0 Å². The van der Waals surface area contributed by atoms with Gasteiger partial charge in [-0.15, -0.1) is 24.0 Å². The molecule has 4 heterocycles. The van der Waals surface area contributed by atoms with Gasteiger partial charge in [0.1, 0.15) is 5.82 Å². The van der Waals surface area contributed by atoms with E-state index in [1.165, 1.54) is 31.2 Å². The molecule has 0 aliphatic carbocycles. The van der Waals surface area contributed by atoms with Crippen molar-refractivity contribution in [3.05, 3.63) is 23.9 Å². The standard InChI is InChI=1S/C19H29N5O.HI/c1-20-18(24-10-6-19(14-24)7-11-25-15-19)22-13-16-4-5-17(21-12-16)23-8-2-3-9-23;/h4-5,12H,2-3,6-11,13-15H2,1H3,(H,20,22);1H. The van der Waals surface area contributed by atoms with Crippen molar-refractivity contribution in [2.24, 2.45) is 10.4 Å². The van der Waals surface area contributed by atoms with Crippen LogP contribution in [0, 0.1) is 5.41 Å². The molecule has 3 aliphatic heterocycles. The molecular formula is C19H30IN5O. The Labute approximate surface area is 173 Å². The molecule has 6 nitrogen and oxygen atoms in total. The highest BCUT2D eigenvalue weighted by atomic mass is 127.